The van der Waals surface area contributed by atoms with Crippen LogP contribution in [0.4, 0.5) is 0 Å². The molecule has 0 bridgehead atoms. The Morgan fingerprint density at radius 3 is 2.25 bits per heavy atom. The molecule has 0 atom stereocenters. The van der Waals surface area contributed by atoms with Crippen LogP contribution in [-0.2, 0) is 0 Å². The molecule has 0 unspecified atom stereocenters. The molecule has 0 amide bonds. The number of nitrogens with zero attached hydrogens (tertiary/aromatic N) is 1. The summed E-state index contributed by atoms with van der Waals surface area (Å²) in [5.41, 5.74) is 0. The molecule has 0 saturated heterocycles. The van der Waals surface area contributed by atoms with E-state index in [9.17, 15) is 0 Å². The minimum atomic E-state index is 0. The third-order valence-electron chi connectivity index (χ3n) is 1.87. The molecule has 12 heavy (non-hydrogen) atoms. The van der Waals surface area contributed by atoms with Crippen LogP contribution in [0.5, 0.6) is 0 Å². The molecule has 1 fully saturated rings. The minimum absolute atomic E-state index is 0. The highest BCUT2D eigenvalue weighted by Crippen LogP contribution is 2.27. The van der Waals surface area contributed by atoms with Crippen molar-refractivity contribution < 1.29 is 0 Å². The van der Waals surface area contributed by atoms with Crippen molar-refractivity contribution in [3.05, 3.63) is 0 Å². The Balaban J connectivity index is 0. The van der Waals surface area contributed by atoms with Crippen LogP contribution in [-0.4, -0.2) is 38.6 Å². The van der Waals surface area contributed by atoms with Gasteiger partial charge in [0.25, 0.3) is 0 Å². The molecule has 1 aliphatic rings. The molecule has 1 aliphatic carbocycles. The van der Waals surface area contributed by atoms with Gasteiger partial charge in [0.2, 0.25) is 0 Å². The molecule has 4 heteroatoms. The lowest BCUT2D eigenvalue weighted by molar-refractivity contribution is 0.398. The fourth-order valence-electron chi connectivity index (χ4n) is 0.931. The topological polar surface area (TPSA) is 15.3 Å². The Kier molecular flexibility index (Phi) is 10.1. The zero-order valence-electron chi connectivity index (χ0n) is 7.88. The largest absolute Gasteiger partial charge is 0.315 e. The highest BCUT2D eigenvalue weighted by atomic mass is 35.5. The molecule has 0 aromatic heterocycles. The molecular weight excluding hydrogens is 195 g/mol. The lowest BCUT2D eigenvalue weighted by Crippen LogP contribution is -2.27. The number of hydrogen-bond donors (Lipinski definition) is 1. The van der Waals surface area contributed by atoms with Gasteiger partial charge in [-0.2, -0.15) is 0 Å². The summed E-state index contributed by atoms with van der Waals surface area (Å²) in [4.78, 5) is 2.21. The molecule has 0 aromatic rings. The van der Waals surface area contributed by atoms with Crippen LogP contribution in [0.2, 0.25) is 0 Å². The fraction of sp³-hybridized carbons (Fsp3) is 1.00. The van der Waals surface area contributed by atoms with Gasteiger partial charge in [0.15, 0.2) is 0 Å². The van der Waals surface area contributed by atoms with E-state index in [1.54, 1.807) is 0 Å². The third-order valence-corrected chi connectivity index (χ3v) is 1.87. The number of rotatable bonds is 5. The van der Waals surface area contributed by atoms with Crippen molar-refractivity contribution in [2.24, 2.45) is 5.92 Å². The lowest BCUT2D eigenvalue weighted by atomic mass is 10.4. The van der Waals surface area contributed by atoms with E-state index in [1.807, 2.05) is 0 Å². The zero-order valence-corrected chi connectivity index (χ0v) is 9.51. The van der Waals surface area contributed by atoms with Crippen LogP contribution >= 0.6 is 24.8 Å². The maximum absolute atomic E-state index is 3.44. The van der Waals surface area contributed by atoms with Crippen LogP contribution in [0.3, 0.4) is 0 Å². The maximum Gasteiger partial charge on any atom is 0.0101 e. The van der Waals surface area contributed by atoms with E-state index in [4.69, 9.17) is 0 Å². The fourth-order valence-corrected chi connectivity index (χ4v) is 0.931. The van der Waals surface area contributed by atoms with Crippen LogP contribution in [0.15, 0.2) is 0 Å². The van der Waals surface area contributed by atoms with Gasteiger partial charge >= 0.3 is 0 Å². The van der Waals surface area contributed by atoms with Crippen molar-refractivity contribution in [1.82, 2.24) is 10.2 Å². The first-order valence-electron chi connectivity index (χ1n) is 4.14. The third kappa shape index (κ3) is 8.60. The second-order valence-electron chi connectivity index (χ2n) is 3.45. The summed E-state index contributed by atoms with van der Waals surface area (Å²) < 4.78 is 0. The van der Waals surface area contributed by atoms with Crippen LogP contribution in [0.1, 0.15) is 12.8 Å². The van der Waals surface area contributed by atoms with E-state index in [2.05, 4.69) is 24.3 Å². The summed E-state index contributed by atoms with van der Waals surface area (Å²) in [6.45, 7) is 3.55. The van der Waals surface area contributed by atoms with Gasteiger partial charge in [-0.1, -0.05) is 0 Å². The summed E-state index contributed by atoms with van der Waals surface area (Å²) in [6, 6.07) is 0. The molecule has 0 spiro atoms. The summed E-state index contributed by atoms with van der Waals surface area (Å²) in [5.74, 6) is 1.02. The molecule has 1 rings (SSSR count). The quantitative estimate of drug-likeness (QED) is 0.697. The van der Waals surface area contributed by atoms with Crippen molar-refractivity contribution >= 4 is 24.8 Å². The summed E-state index contributed by atoms with van der Waals surface area (Å²) in [7, 11) is 4.22. The molecule has 76 valence electrons. The second kappa shape index (κ2) is 8.11. The van der Waals surface area contributed by atoms with Crippen molar-refractivity contribution in [1.29, 1.82) is 0 Å². The van der Waals surface area contributed by atoms with Gasteiger partial charge in [-0.05, 0) is 39.4 Å². The van der Waals surface area contributed by atoms with Crippen LogP contribution in [0.25, 0.3) is 0 Å². The predicted octanol–water partition coefficient (Wildman–Crippen LogP) is 1.39. The zero-order chi connectivity index (χ0) is 7.40. The first-order valence-corrected chi connectivity index (χ1v) is 4.14. The smallest absolute Gasteiger partial charge is 0.0101 e. The predicted molar refractivity (Wildman–Crippen MR) is 58.6 cm³/mol. The van der Waals surface area contributed by atoms with Crippen molar-refractivity contribution in [2.75, 3.05) is 33.7 Å². The SMILES string of the molecule is CN(C)CCNCC1CC1.Cl.Cl. The van der Waals surface area contributed by atoms with E-state index < -0.39 is 0 Å². The van der Waals surface area contributed by atoms with E-state index in [1.165, 1.54) is 19.4 Å². The average molecular weight is 215 g/mol. The molecule has 1 N–H and O–H groups in total. The van der Waals surface area contributed by atoms with Gasteiger partial charge in [0, 0.05) is 13.1 Å². The van der Waals surface area contributed by atoms with E-state index in [-0.39, 0.29) is 24.8 Å². The highest BCUT2D eigenvalue weighted by molar-refractivity contribution is 5.85. The highest BCUT2D eigenvalue weighted by Gasteiger charge is 2.19. The van der Waals surface area contributed by atoms with Gasteiger partial charge < -0.3 is 10.2 Å². The molecule has 2 nitrogen and oxygen atoms in total. The number of halogens is 2. The average Bonchev–Trinajstić information content (AvgIpc) is 2.62. The van der Waals surface area contributed by atoms with E-state index in [0.29, 0.717) is 0 Å². The Morgan fingerprint density at radius 1 is 1.25 bits per heavy atom. The van der Waals surface area contributed by atoms with Gasteiger partial charge in [0.05, 0.1) is 0 Å². The second-order valence-corrected chi connectivity index (χ2v) is 3.45. The van der Waals surface area contributed by atoms with E-state index in [0.717, 1.165) is 19.0 Å². The standard InChI is InChI=1S/C8H18N2.2ClH/c1-10(2)6-5-9-7-8-3-4-8;;/h8-9H,3-7H2,1-2H3;2*1H. The first-order chi connectivity index (χ1) is 4.79. The van der Waals surface area contributed by atoms with Gasteiger partial charge in [-0.25, -0.2) is 0 Å². The Labute approximate surface area is 87.9 Å². The van der Waals surface area contributed by atoms with Gasteiger partial charge in [-0.15, -0.1) is 24.8 Å². The molecule has 0 aromatic carbocycles. The van der Waals surface area contributed by atoms with Crippen LogP contribution in [0, 0.1) is 5.92 Å². The number of nitrogens with one attached hydrogen (secondary N) is 1. The van der Waals surface area contributed by atoms with E-state index >= 15 is 0 Å². The molecule has 0 heterocycles. The molecule has 1 saturated carbocycles. The Bertz CT molecular complexity index is 91.1. The number of hydrogen-bond acceptors (Lipinski definition) is 2. The summed E-state index contributed by atoms with van der Waals surface area (Å²) in [6.07, 6.45) is 2.91. The Morgan fingerprint density at radius 2 is 1.83 bits per heavy atom. The monoisotopic (exact) mass is 214 g/mol. The summed E-state index contributed by atoms with van der Waals surface area (Å²) in [5, 5.41) is 3.44. The molecular formula is C8H20Cl2N2. The van der Waals surface area contributed by atoms with Crippen molar-refractivity contribution in [2.45, 2.75) is 12.8 Å². The molecule has 0 aliphatic heterocycles. The lowest BCUT2D eigenvalue weighted by Gasteiger charge is -2.09. The Hall–Kier alpha value is 0.500. The minimum Gasteiger partial charge on any atom is -0.315 e. The van der Waals surface area contributed by atoms with Crippen molar-refractivity contribution in [3.8, 4) is 0 Å². The first kappa shape index (κ1) is 15.0. The number of likely N-dealkylation sites (N-methyl/N-ethyl adjacent to an activating group) is 1. The molecule has 0 radical (unpaired) electrons. The normalized spacial score (nSPS) is 15.2. The van der Waals surface area contributed by atoms with Crippen molar-refractivity contribution in [3.63, 3.8) is 0 Å². The summed E-state index contributed by atoms with van der Waals surface area (Å²) >= 11 is 0. The van der Waals surface area contributed by atoms with Crippen LogP contribution < -0.4 is 5.32 Å². The van der Waals surface area contributed by atoms with Gasteiger partial charge in [-0.3, -0.25) is 0 Å². The van der Waals surface area contributed by atoms with Gasteiger partial charge in [0.1, 0.15) is 0 Å². The maximum atomic E-state index is 3.44.